The lowest BCUT2D eigenvalue weighted by Gasteiger charge is -2.53. The molecule has 1 aliphatic carbocycles. The van der Waals surface area contributed by atoms with E-state index in [9.17, 15) is 14.4 Å². The van der Waals surface area contributed by atoms with Crippen LogP contribution in [0.3, 0.4) is 0 Å². The van der Waals surface area contributed by atoms with Crippen molar-refractivity contribution in [3.05, 3.63) is 47.2 Å². The van der Waals surface area contributed by atoms with Crippen LogP contribution in [0.15, 0.2) is 30.3 Å². The minimum absolute atomic E-state index is 0.0261. The van der Waals surface area contributed by atoms with Gasteiger partial charge >= 0.3 is 12.0 Å². The van der Waals surface area contributed by atoms with Crippen molar-refractivity contribution in [2.75, 3.05) is 30.7 Å². The van der Waals surface area contributed by atoms with Crippen LogP contribution in [0.4, 0.5) is 10.6 Å². The molecule has 3 N–H and O–H groups in total. The lowest BCUT2D eigenvalue weighted by atomic mass is 9.83. The number of hydrogen-bond donors (Lipinski definition) is 3. The third kappa shape index (κ3) is 4.95. The standard InChI is InChI=1S/C27H39N5O4S/c1-7-21(33)36-17-20(18-12-9-8-10-13-18)28-25(35)32-16-19-22(26(32,2)3)30-31-23(19)29-24(34)27(14-11-15-27)37(4,5)6/h8-10,12-13,20H,7,11,14-17H2,1-6H3,(H,28,35)(H2,29,30,31,34). The number of amides is 3. The van der Waals surface area contributed by atoms with E-state index >= 15 is 0 Å². The number of rotatable bonds is 8. The molecule has 1 fully saturated rings. The largest absolute Gasteiger partial charge is 0.463 e. The van der Waals surface area contributed by atoms with Gasteiger partial charge in [0.1, 0.15) is 6.61 Å². The molecule has 10 heteroatoms. The van der Waals surface area contributed by atoms with E-state index in [2.05, 4.69) is 39.6 Å². The Morgan fingerprint density at radius 2 is 1.84 bits per heavy atom. The number of esters is 1. The highest BCUT2D eigenvalue weighted by atomic mass is 32.3. The smallest absolute Gasteiger partial charge is 0.319 e. The molecule has 1 unspecified atom stereocenters. The van der Waals surface area contributed by atoms with Crippen molar-refractivity contribution in [2.45, 2.75) is 69.3 Å². The number of carbonyl (C=O) groups excluding carboxylic acids is 3. The van der Waals surface area contributed by atoms with Gasteiger partial charge in [0.2, 0.25) is 5.91 Å². The number of anilines is 1. The minimum atomic E-state index is -1.11. The minimum Gasteiger partial charge on any atom is -0.463 e. The number of nitrogens with zero attached hydrogens (tertiary/aromatic N) is 2. The van der Waals surface area contributed by atoms with Crippen molar-refractivity contribution in [2.24, 2.45) is 0 Å². The van der Waals surface area contributed by atoms with E-state index in [1.165, 1.54) is 0 Å². The molecule has 9 nitrogen and oxygen atoms in total. The van der Waals surface area contributed by atoms with Gasteiger partial charge in [-0.2, -0.15) is 5.10 Å². The van der Waals surface area contributed by atoms with E-state index in [1.807, 2.05) is 44.2 Å². The summed E-state index contributed by atoms with van der Waals surface area (Å²) in [6.07, 6.45) is 9.70. The molecule has 0 bridgehead atoms. The van der Waals surface area contributed by atoms with E-state index < -0.39 is 21.6 Å². The van der Waals surface area contributed by atoms with Crippen LogP contribution < -0.4 is 10.6 Å². The van der Waals surface area contributed by atoms with Crippen LogP contribution in [0.2, 0.25) is 0 Å². The average molecular weight is 530 g/mol. The second-order valence-electron chi connectivity index (χ2n) is 11.2. The van der Waals surface area contributed by atoms with Crippen LogP contribution >= 0.6 is 10.0 Å². The number of carbonyl (C=O) groups is 3. The normalized spacial score (nSPS) is 18.8. The summed E-state index contributed by atoms with van der Waals surface area (Å²) in [6.45, 7) is 5.97. The molecule has 0 radical (unpaired) electrons. The monoisotopic (exact) mass is 529 g/mol. The summed E-state index contributed by atoms with van der Waals surface area (Å²) >= 11 is 0. The van der Waals surface area contributed by atoms with Crippen molar-refractivity contribution in [3.63, 3.8) is 0 Å². The predicted molar refractivity (Wildman–Crippen MR) is 147 cm³/mol. The third-order valence-corrected chi connectivity index (χ3v) is 10.8. The fraction of sp³-hybridized carbons (Fsp3) is 0.556. The van der Waals surface area contributed by atoms with Crippen molar-refractivity contribution in [1.29, 1.82) is 0 Å². The van der Waals surface area contributed by atoms with Crippen molar-refractivity contribution in [1.82, 2.24) is 20.4 Å². The lowest BCUT2D eigenvalue weighted by molar-refractivity contribution is -0.144. The first-order valence-corrected chi connectivity index (χ1v) is 15.6. The van der Waals surface area contributed by atoms with E-state index in [0.717, 1.165) is 36.1 Å². The Kier molecular flexibility index (Phi) is 7.34. The summed E-state index contributed by atoms with van der Waals surface area (Å²) in [6, 6.07) is 8.67. The summed E-state index contributed by atoms with van der Waals surface area (Å²) in [5.41, 5.74) is 1.79. The van der Waals surface area contributed by atoms with Gasteiger partial charge in [0.05, 0.1) is 28.6 Å². The number of nitrogens with one attached hydrogen (secondary N) is 3. The Balaban J connectivity index is 1.51. The number of urea groups is 1. The Morgan fingerprint density at radius 1 is 1.16 bits per heavy atom. The molecule has 2 heterocycles. The first-order chi connectivity index (χ1) is 17.4. The molecule has 1 aliphatic heterocycles. The molecular formula is C27H39N5O4S. The molecule has 4 rings (SSSR count). The topological polar surface area (TPSA) is 116 Å². The van der Waals surface area contributed by atoms with Gasteiger partial charge in [0.25, 0.3) is 0 Å². The molecule has 202 valence electrons. The summed E-state index contributed by atoms with van der Waals surface area (Å²) in [5, 5.41) is 13.6. The van der Waals surface area contributed by atoms with E-state index in [1.54, 1.807) is 11.8 Å². The highest BCUT2D eigenvalue weighted by Crippen LogP contribution is 2.60. The molecule has 1 atom stereocenters. The first kappa shape index (κ1) is 27.0. The van der Waals surface area contributed by atoms with Crippen LogP contribution in [0, 0.1) is 0 Å². The SMILES string of the molecule is CCC(=O)OCC(NC(=O)N1Cc2c(NC(=O)C3(S(C)(C)C)CCC3)n[nH]c2C1(C)C)c1ccccc1. The van der Waals surface area contributed by atoms with Gasteiger partial charge in [-0.05, 0) is 57.4 Å². The zero-order valence-electron chi connectivity index (χ0n) is 22.6. The fourth-order valence-electron chi connectivity index (χ4n) is 5.19. The fourth-order valence-corrected chi connectivity index (χ4v) is 7.31. The van der Waals surface area contributed by atoms with Crippen LogP contribution in [-0.4, -0.2) is 63.1 Å². The highest BCUT2D eigenvalue weighted by molar-refractivity contribution is 8.33. The average Bonchev–Trinajstić information content (AvgIpc) is 3.32. The Labute approximate surface area is 220 Å². The first-order valence-electron chi connectivity index (χ1n) is 12.8. The molecule has 0 saturated heterocycles. The van der Waals surface area contributed by atoms with Gasteiger partial charge in [-0.15, -0.1) is 0 Å². The van der Waals surface area contributed by atoms with Gasteiger partial charge in [0.15, 0.2) is 5.82 Å². The zero-order chi connectivity index (χ0) is 27.0. The molecule has 1 aromatic heterocycles. The maximum Gasteiger partial charge on any atom is 0.319 e. The van der Waals surface area contributed by atoms with Crippen molar-refractivity contribution < 1.29 is 19.1 Å². The summed E-state index contributed by atoms with van der Waals surface area (Å²) in [5.74, 6) is 0.201. The van der Waals surface area contributed by atoms with E-state index in [4.69, 9.17) is 4.74 Å². The van der Waals surface area contributed by atoms with Crippen LogP contribution in [-0.2, 0) is 26.4 Å². The van der Waals surface area contributed by atoms with Gasteiger partial charge in [-0.25, -0.2) is 14.8 Å². The Hall–Kier alpha value is -3.01. The van der Waals surface area contributed by atoms with Crippen LogP contribution in [0.1, 0.15) is 69.3 Å². The quantitative estimate of drug-likeness (QED) is 0.438. The van der Waals surface area contributed by atoms with E-state index in [-0.39, 0.29) is 35.7 Å². The Bertz CT molecular complexity index is 1170. The number of benzene rings is 1. The number of aromatic amines is 1. The van der Waals surface area contributed by atoms with Gasteiger partial charge in [-0.3, -0.25) is 14.7 Å². The number of hydrogen-bond acceptors (Lipinski definition) is 5. The molecule has 1 saturated carbocycles. The van der Waals surface area contributed by atoms with Gasteiger partial charge in [-0.1, -0.05) is 37.3 Å². The maximum atomic E-state index is 13.6. The van der Waals surface area contributed by atoms with E-state index in [0.29, 0.717) is 12.4 Å². The molecule has 2 aromatic rings. The number of aromatic nitrogens is 2. The molecule has 1 aromatic carbocycles. The maximum absolute atomic E-state index is 13.6. The highest BCUT2D eigenvalue weighted by Gasteiger charge is 2.51. The van der Waals surface area contributed by atoms with Crippen molar-refractivity contribution in [3.8, 4) is 0 Å². The van der Waals surface area contributed by atoms with Crippen LogP contribution in [0.5, 0.6) is 0 Å². The third-order valence-electron chi connectivity index (χ3n) is 7.89. The number of ether oxygens (including phenoxy) is 1. The van der Waals surface area contributed by atoms with Crippen molar-refractivity contribution >= 4 is 33.8 Å². The Morgan fingerprint density at radius 3 is 2.41 bits per heavy atom. The summed E-state index contributed by atoms with van der Waals surface area (Å²) < 4.78 is 5.04. The zero-order valence-corrected chi connectivity index (χ0v) is 23.5. The van der Waals surface area contributed by atoms with Gasteiger partial charge in [0, 0.05) is 12.0 Å². The molecular weight excluding hydrogens is 490 g/mol. The second kappa shape index (κ2) is 10.0. The van der Waals surface area contributed by atoms with Crippen LogP contribution in [0.25, 0.3) is 0 Å². The molecule has 3 amide bonds. The predicted octanol–water partition coefficient (Wildman–Crippen LogP) is 4.42. The second-order valence-corrected chi connectivity index (χ2v) is 15.6. The molecule has 2 aliphatic rings. The number of H-pyrrole nitrogens is 1. The summed E-state index contributed by atoms with van der Waals surface area (Å²) in [4.78, 5) is 40.5. The number of fused-ring (bicyclic) bond motifs is 1. The lowest BCUT2D eigenvalue weighted by Crippen LogP contribution is -2.51. The summed E-state index contributed by atoms with van der Waals surface area (Å²) in [7, 11) is -1.11. The van der Waals surface area contributed by atoms with Gasteiger partial charge < -0.3 is 20.3 Å². The molecule has 37 heavy (non-hydrogen) atoms. The molecule has 0 spiro atoms.